The fourth-order valence-corrected chi connectivity index (χ4v) is 0.528. The fourth-order valence-electron chi connectivity index (χ4n) is 0.528. The van der Waals surface area contributed by atoms with E-state index in [-0.39, 0.29) is 6.54 Å². The predicted octanol–water partition coefficient (Wildman–Crippen LogP) is -0.436. The van der Waals surface area contributed by atoms with Crippen molar-refractivity contribution < 1.29 is 9.90 Å². The summed E-state index contributed by atoms with van der Waals surface area (Å²) < 4.78 is 0. The Morgan fingerprint density at radius 2 is 2.36 bits per heavy atom. The number of aliphatic carboxylic acids is 1. The van der Waals surface area contributed by atoms with Gasteiger partial charge in [-0.25, -0.2) is 0 Å². The Bertz CT molecular complexity index is 157. The average Bonchev–Trinajstić information content (AvgIpc) is 1.86. The zero-order valence-corrected chi connectivity index (χ0v) is 6.63. The van der Waals surface area contributed by atoms with Crippen molar-refractivity contribution in [1.29, 1.82) is 0 Å². The average molecular weight is 158 g/mol. The molecular formula is C7H14N2O2. The molecule has 0 amide bonds. The summed E-state index contributed by atoms with van der Waals surface area (Å²) in [5, 5.41) is 11.2. The number of rotatable bonds is 5. The third kappa shape index (κ3) is 5.57. The first kappa shape index (κ1) is 10.1. The van der Waals surface area contributed by atoms with Crippen LogP contribution < -0.4 is 11.1 Å². The Kier molecular flexibility index (Phi) is 4.49. The van der Waals surface area contributed by atoms with Crippen molar-refractivity contribution in [1.82, 2.24) is 5.32 Å². The molecule has 0 heterocycles. The third-order valence-electron chi connectivity index (χ3n) is 1.11. The summed E-state index contributed by atoms with van der Waals surface area (Å²) in [5.74, 6) is -0.987. The largest absolute Gasteiger partial charge is 0.480 e. The zero-order valence-electron chi connectivity index (χ0n) is 6.63. The number of nitrogens with one attached hydrogen (secondary N) is 1. The minimum Gasteiger partial charge on any atom is -0.480 e. The van der Waals surface area contributed by atoms with Crippen LogP contribution in [0.4, 0.5) is 0 Å². The molecule has 0 rings (SSSR count). The summed E-state index contributed by atoms with van der Waals surface area (Å²) >= 11 is 0. The van der Waals surface area contributed by atoms with E-state index in [1.807, 2.05) is 6.92 Å². The van der Waals surface area contributed by atoms with Gasteiger partial charge in [0.15, 0.2) is 0 Å². The van der Waals surface area contributed by atoms with E-state index in [0.29, 0.717) is 6.54 Å². The minimum atomic E-state index is -0.987. The molecule has 0 saturated heterocycles. The van der Waals surface area contributed by atoms with Crippen LogP contribution in [-0.4, -0.2) is 30.2 Å². The van der Waals surface area contributed by atoms with Gasteiger partial charge in [0, 0.05) is 13.1 Å². The molecule has 0 aromatic carbocycles. The second kappa shape index (κ2) is 4.87. The molecule has 4 N–H and O–H groups in total. The van der Waals surface area contributed by atoms with Gasteiger partial charge in [-0.1, -0.05) is 12.2 Å². The molecule has 0 fully saturated rings. The van der Waals surface area contributed by atoms with Gasteiger partial charge in [0.25, 0.3) is 0 Å². The Morgan fingerprint density at radius 3 is 2.73 bits per heavy atom. The quantitative estimate of drug-likeness (QED) is 0.474. The topological polar surface area (TPSA) is 75.3 Å². The van der Waals surface area contributed by atoms with Crippen LogP contribution >= 0.6 is 0 Å². The lowest BCUT2D eigenvalue weighted by Crippen LogP contribution is -2.40. The molecule has 1 atom stereocenters. The van der Waals surface area contributed by atoms with E-state index in [4.69, 9.17) is 10.8 Å². The van der Waals surface area contributed by atoms with Crippen LogP contribution in [0.15, 0.2) is 12.2 Å². The molecule has 11 heavy (non-hydrogen) atoms. The third-order valence-corrected chi connectivity index (χ3v) is 1.11. The highest BCUT2D eigenvalue weighted by Gasteiger charge is 2.09. The van der Waals surface area contributed by atoms with Gasteiger partial charge in [0.2, 0.25) is 0 Å². The Morgan fingerprint density at radius 1 is 1.82 bits per heavy atom. The zero-order chi connectivity index (χ0) is 8.85. The van der Waals surface area contributed by atoms with Crippen molar-refractivity contribution >= 4 is 5.97 Å². The van der Waals surface area contributed by atoms with Crippen molar-refractivity contribution in [2.75, 3.05) is 13.1 Å². The second-order valence-electron chi connectivity index (χ2n) is 2.53. The van der Waals surface area contributed by atoms with Gasteiger partial charge in [0.05, 0.1) is 0 Å². The number of nitrogens with two attached hydrogens (primary N) is 1. The number of carboxylic acids is 1. The van der Waals surface area contributed by atoms with Gasteiger partial charge in [-0.15, -0.1) is 0 Å². The van der Waals surface area contributed by atoms with Crippen molar-refractivity contribution in [2.45, 2.75) is 13.0 Å². The lowest BCUT2D eigenvalue weighted by molar-refractivity contribution is -0.138. The predicted molar refractivity (Wildman–Crippen MR) is 43.3 cm³/mol. The lowest BCUT2D eigenvalue weighted by Gasteiger charge is -2.07. The highest BCUT2D eigenvalue weighted by molar-refractivity contribution is 5.73. The number of carboxylic acid groups (broad SMARTS) is 1. The summed E-state index contributed by atoms with van der Waals surface area (Å²) in [7, 11) is 0. The molecule has 4 heteroatoms. The van der Waals surface area contributed by atoms with Crippen LogP contribution in [-0.2, 0) is 4.79 Å². The molecule has 64 valence electrons. The molecule has 0 radical (unpaired) electrons. The van der Waals surface area contributed by atoms with E-state index in [0.717, 1.165) is 5.57 Å². The van der Waals surface area contributed by atoms with Crippen molar-refractivity contribution in [3.63, 3.8) is 0 Å². The van der Waals surface area contributed by atoms with E-state index < -0.39 is 12.0 Å². The SMILES string of the molecule is C=C(C)CNC[C@@H](N)C(=O)O. The number of hydrogen-bond donors (Lipinski definition) is 3. The maximum atomic E-state index is 10.2. The first-order valence-electron chi connectivity index (χ1n) is 3.37. The maximum absolute atomic E-state index is 10.2. The summed E-state index contributed by atoms with van der Waals surface area (Å²) in [6.45, 7) is 6.40. The van der Waals surface area contributed by atoms with Gasteiger partial charge in [-0.2, -0.15) is 0 Å². The highest BCUT2D eigenvalue weighted by Crippen LogP contribution is 1.82. The fraction of sp³-hybridized carbons (Fsp3) is 0.571. The Hall–Kier alpha value is -0.870. The first-order valence-corrected chi connectivity index (χ1v) is 3.37. The van der Waals surface area contributed by atoms with Crippen LogP contribution in [0, 0.1) is 0 Å². The summed E-state index contributed by atoms with van der Waals surface area (Å²) in [4.78, 5) is 10.2. The summed E-state index contributed by atoms with van der Waals surface area (Å²) in [6, 6.07) is -0.825. The van der Waals surface area contributed by atoms with Crippen LogP contribution in [0.3, 0.4) is 0 Å². The van der Waals surface area contributed by atoms with Crippen molar-refractivity contribution in [3.05, 3.63) is 12.2 Å². The minimum absolute atomic E-state index is 0.280. The Labute approximate surface area is 66.1 Å². The molecule has 0 spiro atoms. The molecular weight excluding hydrogens is 144 g/mol. The van der Waals surface area contributed by atoms with Crippen LogP contribution in [0.5, 0.6) is 0 Å². The number of hydrogen-bond acceptors (Lipinski definition) is 3. The Balaban J connectivity index is 3.39. The number of carbonyl (C=O) groups is 1. The lowest BCUT2D eigenvalue weighted by atomic mass is 10.3. The smallest absolute Gasteiger partial charge is 0.321 e. The van der Waals surface area contributed by atoms with Gasteiger partial charge in [0.1, 0.15) is 6.04 Å². The normalized spacial score (nSPS) is 12.5. The van der Waals surface area contributed by atoms with Gasteiger partial charge in [-0.3, -0.25) is 4.79 Å². The molecule has 0 aliphatic heterocycles. The van der Waals surface area contributed by atoms with E-state index in [9.17, 15) is 4.79 Å². The molecule has 0 aromatic heterocycles. The molecule has 0 saturated carbocycles. The van der Waals surface area contributed by atoms with Crippen LogP contribution in [0.25, 0.3) is 0 Å². The van der Waals surface area contributed by atoms with E-state index in [1.54, 1.807) is 0 Å². The highest BCUT2D eigenvalue weighted by atomic mass is 16.4. The summed E-state index contributed by atoms with van der Waals surface area (Å²) in [6.07, 6.45) is 0. The van der Waals surface area contributed by atoms with Gasteiger partial charge >= 0.3 is 5.97 Å². The van der Waals surface area contributed by atoms with E-state index in [2.05, 4.69) is 11.9 Å². The van der Waals surface area contributed by atoms with E-state index in [1.165, 1.54) is 0 Å². The second-order valence-corrected chi connectivity index (χ2v) is 2.53. The standard InChI is InChI=1S/C7H14N2O2/c1-5(2)3-9-4-6(8)7(10)11/h6,9H,1,3-4,8H2,2H3,(H,10,11)/t6-/m1/s1. The molecule has 0 aliphatic rings. The maximum Gasteiger partial charge on any atom is 0.321 e. The molecule has 4 nitrogen and oxygen atoms in total. The molecule has 0 unspecified atom stereocenters. The van der Waals surface area contributed by atoms with E-state index >= 15 is 0 Å². The van der Waals surface area contributed by atoms with Crippen molar-refractivity contribution in [3.8, 4) is 0 Å². The molecule has 0 aliphatic carbocycles. The monoisotopic (exact) mass is 158 g/mol. The molecule has 0 aromatic rings. The van der Waals surface area contributed by atoms with Crippen molar-refractivity contribution in [2.24, 2.45) is 5.73 Å². The first-order chi connectivity index (χ1) is 5.04. The van der Waals surface area contributed by atoms with Crippen LogP contribution in [0.1, 0.15) is 6.92 Å². The van der Waals surface area contributed by atoms with Gasteiger partial charge < -0.3 is 16.2 Å². The van der Waals surface area contributed by atoms with Crippen LogP contribution in [0.2, 0.25) is 0 Å². The van der Waals surface area contributed by atoms with Gasteiger partial charge in [-0.05, 0) is 6.92 Å². The summed E-state index contributed by atoms with van der Waals surface area (Å²) in [5.41, 5.74) is 6.17. The molecule has 0 bridgehead atoms.